The number of hydrogen-bond donors (Lipinski definition) is 0. The summed E-state index contributed by atoms with van der Waals surface area (Å²) >= 11 is 8.02. The Morgan fingerprint density at radius 3 is 0.902 bits per heavy atom. The molecule has 6 heteroatoms. The molecule has 0 atom stereocenters. The summed E-state index contributed by atoms with van der Waals surface area (Å²) in [6.07, 6.45) is 3.98. The first-order valence-electron chi connectivity index (χ1n) is 27.1. The van der Waals surface area contributed by atoms with Crippen LogP contribution in [-0.4, -0.2) is 9.97 Å². The molecular formula is C76H56Br2Ir2N2-2. The van der Waals surface area contributed by atoms with Crippen molar-refractivity contribution in [3.63, 3.8) is 0 Å². The van der Waals surface area contributed by atoms with Gasteiger partial charge in [-0.2, -0.15) is 0 Å². The van der Waals surface area contributed by atoms with Crippen LogP contribution in [0.3, 0.4) is 0 Å². The summed E-state index contributed by atoms with van der Waals surface area (Å²) < 4.78 is 1.99. The largest absolute Gasteiger partial charge is 0.304 e. The molecule has 2 nitrogen and oxygen atoms in total. The Labute approximate surface area is 526 Å². The maximum absolute atomic E-state index is 5.01. The predicted molar refractivity (Wildman–Crippen MR) is 343 cm³/mol. The molecule has 12 rings (SSSR count). The van der Waals surface area contributed by atoms with Crippen LogP contribution in [0, 0.1) is 53.7 Å². The van der Waals surface area contributed by atoms with Crippen LogP contribution in [-0.2, 0) is 40.2 Å². The average molecular weight is 1540 g/mol. The molecule has 2 heterocycles. The number of benzene rings is 10. The normalized spacial score (nSPS) is 11.0. The molecule has 0 unspecified atom stereocenters. The van der Waals surface area contributed by atoms with Gasteiger partial charge in [-0.1, -0.05) is 257 Å². The van der Waals surface area contributed by atoms with Gasteiger partial charge < -0.3 is 9.97 Å². The molecule has 0 fully saturated rings. The van der Waals surface area contributed by atoms with E-state index < -0.39 is 0 Å². The van der Waals surface area contributed by atoms with Crippen molar-refractivity contribution in [1.29, 1.82) is 0 Å². The second-order valence-electron chi connectivity index (χ2n) is 20.8. The van der Waals surface area contributed by atoms with Gasteiger partial charge >= 0.3 is 0 Å². The smallest absolute Gasteiger partial charge is 0.0242 e. The maximum Gasteiger partial charge on any atom is 0.0242 e. The van der Waals surface area contributed by atoms with Gasteiger partial charge in [-0.25, -0.2) is 0 Å². The van der Waals surface area contributed by atoms with E-state index in [9.17, 15) is 0 Å². The van der Waals surface area contributed by atoms with Gasteiger partial charge in [0.2, 0.25) is 0 Å². The number of aromatic nitrogens is 2. The predicted octanol–water partition coefficient (Wildman–Crippen LogP) is 21.8. The number of aryl methyl sites for hydroxylation is 2. The quantitative estimate of drug-likeness (QED) is 0.121. The van der Waals surface area contributed by atoms with Crippen LogP contribution in [0.2, 0.25) is 0 Å². The molecule has 0 N–H and O–H groups in total. The van der Waals surface area contributed by atoms with Crippen LogP contribution >= 0.6 is 31.9 Å². The summed E-state index contributed by atoms with van der Waals surface area (Å²) in [5.74, 6) is 0. The molecule has 0 aliphatic carbocycles. The van der Waals surface area contributed by atoms with Crippen molar-refractivity contribution in [1.82, 2.24) is 9.97 Å². The van der Waals surface area contributed by atoms with Gasteiger partial charge in [0, 0.05) is 63.7 Å². The summed E-state index contributed by atoms with van der Waals surface area (Å²) in [7, 11) is 0. The maximum atomic E-state index is 5.01. The zero-order valence-corrected chi connectivity index (χ0v) is 54.2. The van der Waals surface area contributed by atoms with Crippen LogP contribution < -0.4 is 0 Å². The minimum absolute atomic E-state index is 0. The number of hydrogen-bond acceptors (Lipinski definition) is 2. The molecule has 0 saturated carbocycles. The topological polar surface area (TPSA) is 25.8 Å². The Hall–Kier alpha value is -7.24. The third-order valence-corrected chi connectivity index (χ3v) is 17.3. The van der Waals surface area contributed by atoms with Crippen molar-refractivity contribution >= 4 is 31.9 Å². The molecule has 404 valence electrons. The minimum atomic E-state index is 0. The van der Waals surface area contributed by atoms with Crippen molar-refractivity contribution in [2.45, 2.75) is 41.5 Å². The third-order valence-electron chi connectivity index (χ3n) is 16.0. The van der Waals surface area contributed by atoms with Crippen LogP contribution in [0.4, 0.5) is 0 Å². The van der Waals surface area contributed by atoms with Crippen LogP contribution in [0.15, 0.2) is 240 Å². The zero-order valence-electron chi connectivity index (χ0n) is 46.3. The van der Waals surface area contributed by atoms with E-state index in [1.807, 2.05) is 18.5 Å². The summed E-state index contributed by atoms with van der Waals surface area (Å²) in [6, 6.07) is 85.0. The van der Waals surface area contributed by atoms with E-state index >= 15 is 0 Å². The van der Waals surface area contributed by atoms with E-state index in [1.54, 1.807) is 0 Å². The first-order chi connectivity index (χ1) is 39.0. The average Bonchev–Trinajstić information content (AvgIpc) is 3.57. The molecule has 0 amide bonds. The van der Waals surface area contributed by atoms with E-state index in [1.165, 1.54) is 83.5 Å². The molecule has 2 aromatic heterocycles. The van der Waals surface area contributed by atoms with Gasteiger partial charge in [0.15, 0.2) is 0 Å². The van der Waals surface area contributed by atoms with Gasteiger partial charge in [0.05, 0.1) is 0 Å². The molecule has 0 saturated heterocycles. The van der Waals surface area contributed by atoms with Crippen molar-refractivity contribution in [3.05, 3.63) is 285 Å². The molecule has 0 bridgehead atoms. The SMILES string of the molecule is Cc1cc(-c2[c-]cc(-c3ccccc3-c3c(C)c(C)c(-c4ccccc4-c4c[c-]c(-c5cc(C)c(-c6ccc(-c7ccc(-c8ccc(-c9ccccc9)cc8)cc7)cc6)cn5)cc4Br)c(C)c3C)c(Br)c2)ncc1-c1ccccc1.[Ir].[Ir]. The van der Waals surface area contributed by atoms with Crippen LogP contribution in [0.1, 0.15) is 33.4 Å². The van der Waals surface area contributed by atoms with E-state index in [0.29, 0.717) is 0 Å². The van der Waals surface area contributed by atoms with Crippen molar-refractivity contribution in [2.24, 2.45) is 0 Å². The molecule has 0 aliphatic rings. The third kappa shape index (κ3) is 11.5. The van der Waals surface area contributed by atoms with E-state index in [0.717, 1.165) is 81.5 Å². The molecule has 12 aromatic rings. The summed E-state index contributed by atoms with van der Waals surface area (Å²) in [5, 5.41) is 0. The Morgan fingerprint density at radius 2 is 0.573 bits per heavy atom. The number of nitrogens with zero attached hydrogens (tertiary/aromatic N) is 2. The Morgan fingerprint density at radius 1 is 0.293 bits per heavy atom. The van der Waals surface area contributed by atoms with E-state index in [4.69, 9.17) is 9.97 Å². The fourth-order valence-electron chi connectivity index (χ4n) is 11.4. The Balaban J connectivity index is 0.00000376. The van der Waals surface area contributed by atoms with Gasteiger partial charge in [0.25, 0.3) is 0 Å². The Bertz CT molecular complexity index is 4260. The standard InChI is InChI=1S/C76H56Br2N2.2Ir/c1-47-41-73(79-45-69(47)59-19-11-8-12-20-59)61-37-39-65(71(77)43-61)63-21-13-15-23-67(63)75-49(3)51(5)76(52(6)50(75)4)68-24-16-14-22-64(68)66-40-38-62(44-72(66)78)74-42-48(2)70(46-80-74)60-35-33-58(34-36-60)57-31-29-56(30-32-57)55-27-25-54(26-28-55)53-17-9-7-10-18-53;;/h7-36,39-46H,1-6H3;;/q-2;;. The van der Waals surface area contributed by atoms with Gasteiger partial charge in [-0.05, 0) is 153 Å². The molecule has 10 aromatic carbocycles. The second-order valence-corrected chi connectivity index (χ2v) is 22.5. The summed E-state index contributed by atoms with van der Waals surface area (Å²) in [6.45, 7) is 13.4. The number of halogens is 2. The van der Waals surface area contributed by atoms with E-state index in [2.05, 4.69) is 298 Å². The first kappa shape index (κ1) is 58.0. The number of rotatable bonds is 11. The Kier molecular flexibility index (Phi) is 17.7. The van der Waals surface area contributed by atoms with Crippen LogP contribution in [0.5, 0.6) is 0 Å². The zero-order chi connectivity index (χ0) is 55.0. The van der Waals surface area contributed by atoms with Crippen molar-refractivity contribution in [2.75, 3.05) is 0 Å². The monoisotopic (exact) mass is 1540 g/mol. The molecule has 0 aliphatic heterocycles. The van der Waals surface area contributed by atoms with Gasteiger partial charge in [-0.15, -0.1) is 47.5 Å². The molecule has 82 heavy (non-hydrogen) atoms. The van der Waals surface area contributed by atoms with E-state index in [-0.39, 0.29) is 40.2 Å². The van der Waals surface area contributed by atoms with Crippen molar-refractivity contribution < 1.29 is 40.2 Å². The molecule has 2 radical (unpaired) electrons. The summed E-state index contributed by atoms with van der Waals surface area (Å²) in [5.41, 5.74) is 32.2. The summed E-state index contributed by atoms with van der Waals surface area (Å²) in [4.78, 5) is 9.91. The van der Waals surface area contributed by atoms with Gasteiger partial charge in [-0.3, -0.25) is 0 Å². The van der Waals surface area contributed by atoms with Crippen molar-refractivity contribution in [3.8, 4) is 123 Å². The van der Waals surface area contributed by atoms with Crippen LogP contribution in [0.25, 0.3) is 123 Å². The number of pyridine rings is 2. The van der Waals surface area contributed by atoms with Gasteiger partial charge in [0.1, 0.15) is 0 Å². The second kappa shape index (κ2) is 25.1. The molecular weight excluding hydrogens is 1490 g/mol. The molecule has 0 spiro atoms. The fraction of sp³-hybridized carbons (Fsp3) is 0.0789. The fourth-order valence-corrected chi connectivity index (χ4v) is 12.6. The minimum Gasteiger partial charge on any atom is -0.304 e. The first-order valence-corrected chi connectivity index (χ1v) is 28.7.